The molecule has 0 spiro atoms. The van der Waals surface area contributed by atoms with Gasteiger partial charge in [0.15, 0.2) is 3.79 Å². The molecule has 2 atom stereocenters. The fourth-order valence-corrected chi connectivity index (χ4v) is 3.01. The molecule has 6 heteroatoms. The maximum atomic E-state index is 6.06. The number of rotatable bonds is 9. The van der Waals surface area contributed by atoms with Gasteiger partial charge in [0, 0.05) is 23.1 Å². The molecule has 17 heavy (non-hydrogen) atoms. The van der Waals surface area contributed by atoms with Gasteiger partial charge >= 0.3 is 0 Å². The van der Waals surface area contributed by atoms with Crippen LogP contribution < -0.4 is 0 Å². The zero-order chi connectivity index (χ0) is 13.3. The quantitative estimate of drug-likeness (QED) is 0.322. The molecule has 0 aliphatic heterocycles. The molecule has 0 saturated heterocycles. The van der Waals surface area contributed by atoms with Gasteiger partial charge < -0.3 is 0 Å². The monoisotopic (exact) mass is 360 g/mol. The summed E-state index contributed by atoms with van der Waals surface area (Å²) in [5, 5.41) is 0.0351. The second-order valence-corrected chi connectivity index (χ2v) is 8.22. The number of hydrogen-bond donors (Lipinski definition) is 0. The van der Waals surface area contributed by atoms with Gasteiger partial charge in [-0.25, -0.2) is 0 Å². The van der Waals surface area contributed by atoms with Gasteiger partial charge in [-0.1, -0.05) is 60.5 Å². The van der Waals surface area contributed by atoms with Crippen molar-refractivity contribution in [2.24, 2.45) is 0 Å². The van der Waals surface area contributed by atoms with Crippen molar-refractivity contribution in [1.82, 2.24) is 0 Å². The van der Waals surface area contributed by atoms with Crippen LogP contribution in [0, 0.1) is 0 Å². The zero-order valence-corrected chi connectivity index (χ0v) is 14.1. The maximum Gasteiger partial charge on any atom is 0.192 e. The van der Waals surface area contributed by atoms with E-state index in [0.29, 0.717) is 12.3 Å². The molecule has 0 radical (unpaired) electrons. The van der Waals surface area contributed by atoms with Crippen LogP contribution in [0.3, 0.4) is 0 Å². The van der Waals surface area contributed by atoms with Crippen LogP contribution in [-0.2, 0) is 0 Å². The fraction of sp³-hybridized carbons (Fsp3) is 1.00. The van der Waals surface area contributed by atoms with E-state index in [2.05, 4.69) is 0 Å². The molecule has 0 aliphatic carbocycles. The first kappa shape index (κ1) is 18.7. The van der Waals surface area contributed by atoms with Crippen LogP contribution in [0.1, 0.15) is 44.9 Å². The first-order valence-corrected chi connectivity index (χ1v) is 8.30. The normalized spacial score (nSPS) is 15.9. The molecule has 0 aromatic heterocycles. The fourth-order valence-electron chi connectivity index (χ4n) is 1.52. The van der Waals surface area contributed by atoms with Crippen molar-refractivity contribution in [3.63, 3.8) is 0 Å². The highest BCUT2D eigenvalue weighted by Gasteiger charge is 2.23. The van der Waals surface area contributed by atoms with Crippen LogP contribution in [0.25, 0.3) is 0 Å². The van der Waals surface area contributed by atoms with Crippen LogP contribution in [0.5, 0.6) is 0 Å². The van der Waals surface area contributed by atoms with E-state index in [9.17, 15) is 0 Å². The zero-order valence-electron chi connectivity index (χ0n) is 9.58. The minimum atomic E-state index is -1.24. The third kappa shape index (κ3) is 14.0. The lowest BCUT2D eigenvalue weighted by molar-refractivity contribution is 0.572. The SMILES string of the molecule is ClC[C@H](Cl)CCCCCC[C@H](Cl)CC(Cl)(Cl)Cl. The van der Waals surface area contributed by atoms with Crippen LogP contribution in [-0.4, -0.2) is 20.4 Å². The highest BCUT2D eigenvalue weighted by molar-refractivity contribution is 6.67. The summed E-state index contributed by atoms with van der Waals surface area (Å²) in [6.07, 6.45) is 6.71. The molecule has 0 aliphatic rings. The molecular weight excluding hydrogens is 345 g/mol. The maximum absolute atomic E-state index is 6.06. The molecule has 0 heterocycles. The van der Waals surface area contributed by atoms with E-state index in [-0.39, 0.29) is 10.8 Å². The molecule has 104 valence electrons. The van der Waals surface area contributed by atoms with Crippen LogP contribution >= 0.6 is 69.6 Å². The predicted octanol–water partition coefficient (Wildman–Crippen LogP) is 6.54. The van der Waals surface area contributed by atoms with Gasteiger partial charge in [0.2, 0.25) is 0 Å². The van der Waals surface area contributed by atoms with Gasteiger partial charge in [-0.05, 0) is 12.8 Å². The number of hydrogen-bond acceptors (Lipinski definition) is 0. The molecule has 0 N–H and O–H groups in total. The van der Waals surface area contributed by atoms with Crippen molar-refractivity contribution in [3.8, 4) is 0 Å². The van der Waals surface area contributed by atoms with Crippen LogP contribution in [0.15, 0.2) is 0 Å². The van der Waals surface area contributed by atoms with E-state index in [4.69, 9.17) is 69.6 Å². The molecule has 0 rings (SSSR count). The van der Waals surface area contributed by atoms with E-state index >= 15 is 0 Å². The Bertz CT molecular complexity index is 179. The summed E-state index contributed by atoms with van der Waals surface area (Å²) in [4.78, 5) is 0. The summed E-state index contributed by atoms with van der Waals surface area (Å²) in [5.41, 5.74) is 0. The summed E-state index contributed by atoms with van der Waals surface area (Å²) in [7, 11) is 0. The minimum absolute atomic E-state index is 0.0638. The van der Waals surface area contributed by atoms with Gasteiger partial charge in [-0.2, -0.15) is 0 Å². The van der Waals surface area contributed by atoms with Crippen molar-refractivity contribution in [2.75, 3.05) is 5.88 Å². The third-order valence-corrected chi connectivity index (χ3v) is 4.14. The Labute approximate surface area is 134 Å². The van der Waals surface area contributed by atoms with Gasteiger partial charge in [-0.3, -0.25) is 0 Å². The summed E-state index contributed by atoms with van der Waals surface area (Å²) in [6.45, 7) is 0. The van der Waals surface area contributed by atoms with Gasteiger partial charge in [-0.15, -0.1) is 34.8 Å². The number of halogens is 6. The summed E-state index contributed by atoms with van der Waals surface area (Å²) < 4.78 is -1.24. The van der Waals surface area contributed by atoms with Crippen molar-refractivity contribution in [1.29, 1.82) is 0 Å². The molecule has 0 bridgehead atoms. The van der Waals surface area contributed by atoms with Crippen molar-refractivity contribution >= 4 is 69.6 Å². The third-order valence-electron chi connectivity index (χ3n) is 2.41. The lowest BCUT2D eigenvalue weighted by Gasteiger charge is -2.15. The molecule has 0 amide bonds. The molecule has 0 nitrogen and oxygen atoms in total. The Balaban J connectivity index is 3.34. The molecule has 0 unspecified atom stereocenters. The summed E-state index contributed by atoms with van der Waals surface area (Å²) in [5.74, 6) is 0.522. The summed E-state index contributed by atoms with van der Waals surface area (Å²) in [6, 6.07) is 0. The van der Waals surface area contributed by atoms with E-state index in [1.807, 2.05) is 0 Å². The van der Waals surface area contributed by atoms with Gasteiger partial charge in [0.1, 0.15) is 0 Å². The Morgan fingerprint density at radius 1 is 0.765 bits per heavy atom. The van der Waals surface area contributed by atoms with Crippen LogP contribution in [0.4, 0.5) is 0 Å². The Hall–Kier alpha value is 1.74. The topological polar surface area (TPSA) is 0 Å². The predicted molar refractivity (Wildman–Crippen MR) is 82.6 cm³/mol. The molecule has 0 aromatic rings. The average Bonchev–Trinajstić information content (AvgIpc) is 2.20. The first-order valence-electron chi connectivity index (χ1n) is 5.76. The van der Waals surface area contributed by atoms with Gasteiger partial charge in [0.25, 0.3) is 0 Å². The van der Waals surface area contributed by atoms with Crippen molar-refractivity contribution < 1.29 is 0 Å². The Kier molecular flexibility index (Phi) is 11.6. The Morgan fingerprint density at radius 3 is 1.65 bits per heavy atom. The lowest BCUT2D eigenvalue weighted by Crippen LogP contribution is -2.11. The van der Waals surface area contributed by atoms with E-state index in [0.717, 1.165) is 38.5 Å². The highest BCUT2D eigenvalue weighted by atomic mass is 35.6. The van der Waals surface area contributed by atoms with E-state index < -0.39 is 3.79 Å². The molecule has 0 fully saturated rings. The van der Waals surface area contributed by atoms with Gasteiger partial charge in [0.05, 0.1) is 0 Å². The second kappa shape index (κ2) is 10.5. The minimum Gasteiger partial charge on any atom is -0.125 e. The van der Waals surface area contributed by atoms with E-state index in [1.54, 1.807) is 0 Å². The van der Waals surface area contributed by atoms with Crippen LogP contribution in [0.2, 0.25) is 0 Å². The smallest absolute Gasteiger partial charge is 0.125 e. The number of unbranched alkanes of at least 4 members (excludes halogenated alkanes) is 3. The lowest BCUT2D eigenvalue weighted by atomic mass is 10.1. The summed E-state index contributed by atoms with van der Waals surface area (Å²) >= 11 is 34.6. The van der Waals surface area contributed by atoms with E-state index in [1.165, 1.54) is 0 Å². The Morgan fingerprint density at radius 2 is 1.24 bits per heavy atom. The van der Waals surface area contributed by atoms with Crippen molar-refractivity contribution in [3.05, 3.63) is 0 Å². The van der Waals surface area contributed by atoms with Crippen molar-refractivity contribution in [2.45, 2.75) is 59.5 Å². The standard InChI is InChI=1S/C11H18Cl6/c12-8-10(14)6-4-2-1-3-5-9(13)7-11(15,16)17/h9-10H,1-8H2/t9-,10+/m0/s1. The first-order chi connectivity index (χ1) is 7.85. The molecule has 0 aromatic carbocycles. The molecule has 0 saturated carbocycles. The second-order valence-electron chi connectivity index (χ2n) is 4.16. The molecular formula is C11H18Cl6. The largest absolute Gasteiger partial charge is 0.192 e. The average molecular weight is 363 g/mol. The number of alkyl halides is 6. The highest BCUT2D eigenvalue weighted by Crippen LogP contribution is 2.34.